The van der Waals surface area contributed by atoms with Crippen LogP contribution in [0.5, 0.6) is 0 Å². The van der Waals surface area contributed by atoms with Gasteiger partial charge in [0.15, 0.2) is 0 Å². The third-order valence-corrected chi connectivity index (χ3v) is 7.93. The normalized spacial score (nSPS) is 16.2. The Balaban J connectivity index is 1.28. The van der Waals surface area contributed by atoms with E-state index >= 15 is 0 Å². The van der Waals surface area contributed by atoms with Crippen LogP contribution in [0.4, 0.5) is 11.4 Å². The first-order valence-electron chi connectivity index (χ1n) is 12.4. The van der Waals surface area contributed by atoms with Crippen molar-refractivity contribution in [2.75, 3.05) is 5.32 Å². The second-order valence-electron chi connectivity index (χ2n) is 10.3. The summed E-state index contributed by atoms with van der Waals surface area (Å²) in [6, 6.07) is 42.2. The fourth-order valence-electron chi connectivity index (χ4n) is 6.24. The second-order valence-corrected chi connectivity index (χ2v) is 10.3. The van der Waals surface area contributed by atoms with E-state index < -0.39 is 0 Å². The van der Waals surface area contributed by atoms with E-state index in [1.54, 1.807) is 0 Å². The lowest BCUT2D eigenvalue weighted by molar-refractivity contribution is 0.660. The lowest BCUT2D eigenvalue weighted by Crippen LogP contribution is -2.15. The number of rotatable bonds is 3. The minimum absolute atomic E-state index is 0.00159. The summed E-state index contributed by atoms with van der Waals surface area (Å²) in [6.45, 7) is 4.66. The van der Waals surface area contributed by atoms with Crippen LogP contribution in [0.2, 0.25) is 0 Å². The van der Waals surface area contributed by atoms with Crippen LogP contribution >= 0.6 is 0 Å². The molecule has 2 aliphatic rings. The Morgan fingerprint density at radius 3 is 1.94 bits per heavy atom. The number of benzene rings is 5. The molecule has 1 nitrogen and oxygen atoms in total. The van der Waals surface area contributed by atoms with E-state index in [0.717, 1.165) is 11.4 Å². The molecule has 0 aromatic heterocycles. The van der Waals surface area contributed by atoms with E-state index in [2.05, 4.69) is 134 Å². The fourth-order valence-corrected chi connectivity index (χ4v) is 6.24. The third kappa shape index (κ3) is 3.01. The van der Waals surface area contributed by atoms with Crippen molar-refractivity contribution < 1.29 is 0 Å². The minimum atomic E-state index is 0.00159. The molecule has 0 bridgehead atoms. The highest BCUT2D eigenvalue weighted by Gasteiger charge is 2.35. The fraction of sp³-hybridized carbons (Fsp3) is 0.118. The van der Waals surface area contributed by atoms with Crippen LogP contribution < -0.4 is 5.32 Å². The van der Waals surface area contributed by atoms with Gasteiger partial charge in [-0.3, -0.25) is 0 Å². The van der Waals surface area contributed by atoms with Crippen molar-refractivity contribution in [3.8, 4) is 22.3 Å². The summed E-state index contributed by atoms with van der Waals surface area (Å²) in [5, 5.41) is 3.73. The van der Waals surface area contributed by atoms with E-state index in [9.17, 15) is 0 Å². The van der Waals surface area contributed by atoms with Crippen LogP contribution in [0.15, 0.2) is 115 Å². The summed E-state index contributed by atoms with van der Waals surface area (Å²) in [6.07, 6.45) is 0. The smallest absolute Gasteiger partial charge is 0.0387 e. The molecule has 5 aromatic rings. The first kappa shape index (κ1) is 20.3. The van der Waals surface area contributed by atoms with Gasteiger partial charge in [-0.05, 0) is 74.3 Å². The average molecular weight is 450 g/mol. The minimum Gasteiger partial charge on any atom is -0.356 e. The van der Waals surface area contributed by atoms with Gasteiger partial charge in [0.05, 0.1) is 0 Å². The Labute approximate surface area is 207 Å². The molecule has 7 rings (SSSR count). The van der Waals surface area contributed by atoms with E-state index in [1.807, 2.05) is 0 Å². The van der Waals surface area contributed by atoms with Gasteiger partial charge in [0, 0.05) is 22.7 Å². The maximum atomic E-state index is 3.73. The molecule has 1 atom stereocenters. The lowest BCUT2D eigenvalue weighted by atomic mass is 9.82. The third-order valence-electron chi connectivity index (χ3n) is 7.93. The van der Waals surface area contributed by atoms with Gasteiger partial charge < -0.3 is 5.32 Å². The van der Waals surface area contributed by atoms with Crippen molar-refractivity contribution in [1.29, 1.82) is 0 Å². The van der Waals surface area contributed by atoms with Crippen molar-refractivity contribution in [2.45, 2.75) is 25.2 Å². The largest absolute Gasteiger partial charge is 0.356 e. The highest BCUT2D eigenvalue weighted by molar-refractivity contribution is 5.85. The zero-order valence-electron chi connectivity index (χ0n) is 20.0. The summed E-state index contributed by atoms with van der Waals surface area (Å²) >= 11 is 0. The molecule has 5 aromatic carbocycles. The van der Waals surface area contributed by atoms with E-state index in [4.69, 9.17) is 0 Å². The molecule has 2 aliphatic carbocycles. The zero-order chi connectivity index (χ0) is 23.6. The van der Waals surface area contributed by atoms with Gasteiger partial charge in [-0.2, -0.15) is 0 Å². The number of nitrogens with one attached hydrogen (secondary N) is 1. The maximum Gasteiger partial charge on any atom is 0.0387 e. The number of fused-ring (bicyclic) bond motifs is 6. The molecule has 168 valence electrons. The molecule has 0 saturated carbocycles. The summed E-state index contributed by atoms with van der Waals surface area (Å²) in [5.74, 6) is 0.262. The zero-order valence-corrected chi connectivity index (χ0v) is 20.0. The van der Waals surface area contributed by atoms with E-state index in [0.29, 0.717) is 0 Å². The highest BCUT2D eigenvalue weighted by atomic mass is 14.9. The number of hydrogen-bond acceptors (Lipinski definition) is 1. The van der Waals surface area contributed by atoms with Crippen LogP contribution in [0.1, 0.15) is 47.6 Å². The van der Waals surface area contributed by atoms with Crippen molar-refractivity contribution in [2.24, 2.45) is 0 Å². The Hall–Kier alpha value is -4.10. The summed E-state index contributed by atoms with van der Waals surface area (Å²) in [4.78, 5) is 0. The maximum absolute atomic E-state index is 3.73. The van der Waals surface area contributed by atoms with Crippen molar-refractivity contribution in [3.63, 3.8) is 0 Å². The van der Waals surface area contributed by atoms with Gasteiger partial charge >= 0.3 is 0 Å². The summed E-state index contributed by atoms with van der Waals surface area (Å²) in [5.41, 5.74) is 14.6. The monoisotopic (exact) mass is 449 g/mol. The van der Waals surface area contributed by atoms with Crippen LogP contribution in [0, 0.1) is 0 Å². The predicted octanol–water partition coefficient (Wildman–Crippen LogP) is 8.90. The molecule has 0 fully saturated rings. The van der Waals surface area contributed by atoms with Crippen LogP contribution in [0.25, 0.3) is 22.3 Å². The van der Waals surface area contributed by atoms with Gasteiger partial charge in [0.1, 0.15) is 0 Å². The molecule has 0 heterocycles. The van der Waals surface area contributed by atoms with Crippen molar-refractivity contribution >= 4 is 11.4 Å². The summed E-state index contributed by atoms with van der Waals surface area (Å²) in [7, 11) is 0. The molecular weight excluding hydrogens is 422 g/mol. The van der Waals surface area contributed by atoms with Gasteiger partial charge in [-0.25, -0.2) is 0 Å². The molecule has 1 unspecified atom stereocenters. The van der Waals surface area contributed by atoms with Gasteiger partial charge in [0.25, 0.3) is 0 Å². The number of hydrogen-bond donors (Lipinski definition) is 1. The quantitative estimate of drug-likeness (QED) is 0.284. The standard InChI is InChI=1S/C34H27N/c1-34(2)31-15-9-8-13-27(31)28-19-17-24(21-32(28)34)35-23-16-18-26-25-12-6-7-14-29(25)33(30(26)20-23)22-10-4-3-5-11-22/h3-21,33,35H,1-2H3. The SMILES string of the molecule is CC1(C)c2ccccc2-c2ccc(Nc3ccc4c(c3)C(c3ccccc3)c3ccccc3-4)cc21. The van der Waals surface area contributed by atoms with Crippen molar-refractivity contribution in [1.82, 2.24) is 0 Å². The van der Waals surface area contributed by atoms with Gasteiger partial charge in [-0.1, -0.05) is 105 Å². The molecule has 0 spiro atoms. The molecule has 35 heavy (non-hydrogen) atoms. The molecular formula is C34H27N. The van der Waals surface area contributed by atoms with Gasteiger partial charge in [-0.15, -0.1) is 0 Å². The molecule has 0 amide bonds. The van der Waals surface area contributed by atoms with E-state index in [1.165, 1.54) is 50.1 Å². The lowest BCUT2D eigenvalue weighted by Gasteiger charge is -2.22. The first-order chi connectivity index (χ1) is 17.1. The Bertz CT molecular complexity index is 1590. The summed E-state index contributed by atoms with van der Waals surface area (Å²) < 4.78 is 0. The Morgan fingerprint density at radius 1 is 0.514 bits per heavy atom. The second kappa shape index (κ2) is 7.45. The van der Waals surface area contributed by atoms with Gasteiger partial charge in [0.2, 0.25) is 0 Å². The predicted molar refractivity (Wildman–Crippen MR) is 147 cm³/mol. The first-order valence-corrected chi connectivity index (χ1v) is 12.4. The molecule has 1 heteroatoms. The Morgan fingerprint density at radius 2 is 1.11 bits per heavy atom. The van der Waals surface area contributed by atoms with Crippen LogP contribution in [-0.2, 0) is 5.41 Å². The topological polar surface area (TPSA) is 12.0 Å². The van der Waals surface area contributed by atoms with Crippen LogP contribution in [-0.4, -0.2) is 0 Å². The molecule has 1 N–H and O–H groups in total. The van der Waals surface area contributed by atoms with Crippen molar-refractivity contribution in [3.05, 3.63) is 143 Å². The average Bonchev–Trinajstić information content (AvgIpc) is 3.34. The Kier molecular flexibility index (Phi) is 4.32. The van der Waals surface area contributed by atoms with E-state index in [-0.39, 0.29) is 11.3 Å². The molecule has 0 aliphatic heterocycles. The van der Waals surface area contributed by atoms with Crippen LogP contribution in [0.3, 0.4) is 0 Å². The highest BCUT2D eigenvalue weighted by Crippen LogP contribution is 2.50. The molecule has 0 radical (unpaired) electrons. The number of anilines is 2. The molecule has 0 saturated heterocycles.